The zero-order valence-electron chi connectivity index (χ0n) is 15.6. The van der Waals surface area contributed by atoms with E-state index in [2.05, 4.69) is 22.8 Å². The lowest BCUT2D eigenvalue weighted by molar-refractivity contribution is -0.118. The van der Waals surface area contributed by atoms with Crippen LogP contribution in [0.4, 0.5) is 0 Å². The topological polar surface area (TPSA) is 67.4 Å². The van der Waals surface area contributed by atoms with E-state index in [-0.39, 0.29) is 17.6 Å². The molecule has 0 aliphatic rings. The van der Waals surface area contributed by atoms with Crippen molar-refractivity contribution in [3.8, 4) is 0 Å². The number of methoxy groups -OCH3 is 1. The molecule has 2 aromatic rings. The quantitative estimate of drug-likeness (QED) is 0.460. The Kier molecular flexibility index (Phi) is 9.44. The second kappa shape index (κ2) is 12.1. The van der Waals surface area contributed by atoms with Gasteiger partial charge < -0.3 is 15.4 Å². The van der Waals surface area contributed by atoms with Crippen LogP contribution in [0.25, 0.3) is 0 Å². The summed E-state index contributed by atoms with van der Waals surface area (Å²) in [6, 6.07) is 17.6. The van der Waals surface area contributed by atoms with E-state index in [1.807, 2.05) is 36.4 Å². The van der Waals surface area contributed by atoms with Crippen molar-refractivity contribution >= 4 is 23.6 Å². The van der Waals surface area contributed by atoms with E-state index in [0.29, 0.717) is 25.3 Å². The maximum absolute atomic E-state index is 12.5. The van der Waals surface area contributed by atoms with Crippen molar-refractivity contribution in [1.29, 1.82) is 0 Å². The molecule has 0 unspecified atom stereocenters. The van der Waals surface area contributed by atoms with Gasteiger partial charge in [-0.1, -0.05) is 42.5 Å². The molecule has 144 valence electrons. The number of rotatable bonds is 11. The molecular weight excluding hydrogens is 360 g/mol. The number of hydrogen-bond donors (Lipinski definition) is 2. The highest BCUT2D eigenvalue weighted by molar-refractivity contribution is 8.00. The summed E-state index contributed by atoms with van der Waals surface area (Å²) >= 11 is 1.36. The average molecular weight is 387 g/mol. The van der Waals surface area contributed by atoms with Crippen molar-refractivity contribution in [2.75, 3.05) is 32.6 Å². The van der Waals surface area contributed by atoms with Gasteiger partial charge in [-0.25, -0.2) is 0 Å². The van der Waals surface area contributed by atoms with E-state index in [1.165, 1.54) is 17.3 Å². The van der Waals surface area contributed by atoms with Gasteiger partial charge in [0, 0.05) is 25.1 Å². The lowest BCUT2D eigenvalue weighted by Crippen LogP contribution is -2.28. The summed E-state index contributed by atoms with van der Waals surface area (Å²) in [4.78, 5) is 25.1. The van der Waals surface area contributed by atoms with Gasteiger partial charge in [0.1, 0.15) is 0 Å². The van der Waals surface area contributed by atoms with E-state index in [9.17, 15) is 9.59 Å². The fourth-order valence-electron chi connectivity index (χ4n) is 2.50. The minimum absolute atomic E-state index is 0.0740. The van der Waals surface area contributed by atoms with Crippen LogP contribution in [0.15, 0.2) is 59.5 Å². The van der Waals surface area contributed by atoms with Crippen LogP contribution in [0, 0.1) is 0 Å². The maximum atomic E-state index is 12.5. The zero-order chi connectivity index (χ0) is 19.3. The Bertz CT molecular complexity index is 722. The molecule has 2 amide bonds. The molecule has 0 saturated heterocycles. The smallest absolute Gasteiger partial charge is 0.252 e. The fourth-order valence-corrected chi connectivity index (χ4v) is 3.38. The van der Waals surface area contributed by atoms with Crippen LogP contribution < -0.4 is 10.6 Å². The maximum Gasteiger partial charge on any atom is 0.252 e. The second-order valence-electron chi connectivity index (χ2n) is 5.97. The number of hydrogen-bond acceptors (Lipinski definition) is 4. The Labute approximate surface area is 164 Å². The van der Waals surface area contributed by atoms with Gasteiger partial charge in [0.05, 0.1) is 17.9 Å². The molecule has 27 heavy (non-hydrogen) atoms. The summed E-state index contributed by atoms with van der Waals surface area (Å²) in [6.07, 6.45) is 1.81. The summed E-state index contributed by atoms with van der Waals surface area (Å²) in [5.41, 5.74) is 1.87. The SMILES string of the molecule is COCCNC(=O)CSc1ccccc1C(=O)NCCCc1ccccc1. The summed E-state index contributed by atoms with van der Waals surface area (Å²) in [6.45, 7) is 1.59. The van der Waals surface area contributed by atoms with Crippen molar-refractivity contribution in [3.05, 3.63) is 65.7 Å². The summed E-state index contributed by atoms with van der Waals surface area (Å²) in [5.74, 6) is 0.0863. The molecule has 0 aromatic heterocycles. The van der Waals surface area contributed by atoms with Crippen molar-refractivity contribution in [2.24, 2.45) is 0 Å². The molecule has 0 aliphatic heterocycles. The molecule has 0 bridgehead atoms. The molecule has 0 aliphatic carbocycles. The number of aryl methyl sites for hydroxylation is 1. The fraction of sp³-hybridized carbons (Fsp3) is 0.333. The lowest BCUT2D eigenvalue weighted by Gasteiger charge is -2.10. The van der Waals surface area contributed by atoms with Gasteiger partial charge >= 0.3 is 0 Å². The third-order valence-electron chi connectivity index (χ3n) is 3.89. The summed E-state index contributed by atoms with van der Waals surface area (Å²) < 4.78 is 4.91. The Morgan fingerprint density at radius 1 is 0.963 bits per heavy atom. The van der Waals surface area contributed by atoms with Gasteiger partial charge in [0.2, 0.25) is 5.91 Å². The Morgan fingerprint density at radius 3 is 2.48 bits per heavy atom. The number of benzene rings is 2. The number of carbonyl (C=O) groups excluding carboxylic acids is 2. The second-order valence-corrected chi connectivity index (χ2v) is 6.99. The van der Waals surface area contributed by atoms with Crippen LogP contribution in [-0.4, -0.2) is 44.4 Å². The monoisotopic (exact) mass is 386 g/mol. The van der Waals surface area contributed by atoms with E-state index in [0.717, 1.165) is 17.7 Å². The summed E-state index contributed by atoms with van der Waals surface area (Å²) in [7, 11) is 1.59. The van der Waals surface area contributed by atoms with Crippen LogP contribution in [0.3, 0.4) is 0 Å². The Hall–Kier alpha value is -2.31. The number of carbonyl (C=O) groups is 2. The van der Waals surface area contributed by atoms with Gasteiger partial charge in [-0.2, -0.15) is 0 Å². The lowest BCUT2D eigenvalue weighted by atomic mass is 10.1. The minimum Gasteiger partial charge on any atom is -0.383 e. The van der Waals surface area contributed by atoms with Crippen molar-refractivity contribution in [2.45, 2.75) is 17.7 Å². The van der Waals surface area contributed by atoms with Crippen LogP contribution in [-0.2, 0) is 16.0 Å². The molecule has 0 saturated carbocycles. The predicted octanol–water partition coefficient (Wildman–Crippen LogP) is 2.90. The standard InChI is InChI=1S/C21H26N2O3S/c1-26-15-14-22-20(24)16-27-19-12-6-5-11-18(19)21(25)23-13-7-10-17-8-3-2-4-9-17/h2-6,8-9,11-12H,7,10,13-16H2,1H3,(H,22,24)(H,23,25). The van der Waals surface area contributed by atoms with Crippen LogP contribution in [0.5, 0.6) is 0 Å². The molecule has 0 spiro atoms. The number of ether oxygens (including phenoxy) is 1. The molecule has 6 heteroatoms. The first kappa shape index (κ1) is 21.0. The first-order valence-corrected chi connectivity index (χ1v) is 9.99. The van der Waals surface area contributed by atoms with Crippen molar-refractivity contribution in [1.82, 2.24) is 10.6 Å². The first-order chi connectivity index (χ1) is 13.2. The molecule has 2 N–H and O–H groups in total. The van der Waals surface area contributed by atoms with E-state index < -0.39 is 0 Å². The summed E-state index contributed by atoms with van der Waals surface area (Å²) in [5, 5.41) is 5.74. The zero-order valence-corrected chi connectivity index (χ0v) is 16.4. The van der Waals surface area contributed by atoms with Gasteiger partial charge in [-0.15, -0.1) is 11.8 Å². The van der Waals surface area contributed by atoms with Crippen LogP contribution in [0.1, 0.15) is 22.3 Å². The molecule has 0 fully saturated rings. The third kappa shape index (κ3) is 7.85. The molecular formula is C21H26N2O3S. The molecule has 2 aromatic carbocycles. The molecule has 5 nitrogen and oxygen atoms in total. The first-order valence-electron chi connectivity index (χ1n) is 9.00. The predicted molar refractivity (Wildman–Crippen MR) is 109 cm³/mol. The minimum atomic E-state index is -0.106. The largest absolute Gasteiger partial charge is 0.383 e. The van der Waals surface area contributed by atoms with Crippen molar-refractivity contribution in [3.63, 3.8) is 0 Å². The molecule has 2 rings (SSSR count). The molecule has 0 heterocycles. The van der Waals surface area contributed by atoms with Gasteiger partial charge in [-0.05, 0) is 30.5 Å². The highest BCUT2D eigenvalue weighted by atomic mass is 32.2. The van der Waals surface area contributed by atoms with Gasteiger partial charge in [0.25, 0.3) is 5.91 Å². The van der Waals surface area contributed by atoms with E-state index in [1.54, 1.807) is 13.2 Å². The Morgan fingerprint density at radius 2 is 1.70 bits per heavy atom. The van der Waals surface area contributed by atoms with Crippen LogP contribution >= 0.6 is 11.8 Å². The molecule has 0 atom stereocenters. The highest BCUT2D eigenvalue weighted by Crippen LogP contribution is 2.22. The van der Waals surface area contributed by atoms with Gasteiger partial charge in [0.15, 0.2) is 0 Å². The number of nitrogens with one attached hydrogen (secondary N) is 2. The molecule has 0 radical (unpaired) electrons. The average Bonchev–Trinajstić information content (AvgIpc) is 2.71. The number of thioether (sulfide) groups is 1. The van der Waals surface area contributed by atoms with E-state index in [4.69, 9.17) is 4.74 Å². The number of amides is 2. The van der Waals surface area contributed by atoms with Crippen molar-refractivity contribution < 1.29 is 14.3 Å². The highest BCUT2D eigenvalue weighted by Gasteiger charge is 2.12. The third-order valence-corrected chi connectivity index (χ3v) is 4.96. The van der Waals surface area contributed by atoms with Crippen LogP contribution in [0.2, 0.25) is 0 Å². The normalized spacial score (nSPS) is 10.4. The van der Waals surface area contributed by atoms with E-state index >= 15 is 0 Å². The Balaban J connectivity index is 1.79. The van der Waals surface area contributed by atoms with Gasteiger partial charge in [-0.3, -0.25) is 9.59 Å².